The second kappa shape index (κ2) is 6.67. The van der Waals surface area contributed by atoms with Crippen molar-refractivity contribution in [3.05, 3.63) is 45.4 Å². The largest absolute Gasteiger partial charge is 0.283 e. The second-order valence-corrected chi connectivity index (χ2v) is 6.20. The lowest BCUT2D eigenvalue weighted by Crippen LogP contribution is -2.17. The Morgan fingerprint density at radius 2 is 2.05 bits per heavy atom. The third-order valence-corrected chi connectivity index (χ3v) is 4.42. The van der Waals surface area contributed by atoms with E-state index in [2.05, 4.69) is 15.5 Å². The number of amides is 1. The van der Waals surface area contributed by atoms with Gasteiger partial charge < -0.3 is 0 Å². The van der Waals surface area contributed by atoms with Crippen molar-refractivity contribution in [2.24, 2.45) is 5.10 Å². The number of carbonyl (C=O) groups excluding carboxylic acids is 1. The quantitative estimate of drug-likeness (QED) is 0.536. The molecule has 0 unspecified atom stereocenters. The van der Waals surface area contributed by atoms with Gasteiger partial charge in [0.2, 0.25) is 0 Å². The van der Waals surface area contributed by atoms with Gasteiger partial charge in [-0.05, 0) is 37.8 Å². The number of aromatic nitrogens is 1. The lowest BCUT2D eigenvalue weighted by atomic mass is 10.2. The third-order valence-electron chi connectivity index (χ3n) is 2.61. The number of nitrogens with zero attached hydrogens (tertiary/aromatic N) is 2. The van der Waals surface area contributed by atoms with Gasteiger partial charge in [-0.3, -0.25) is 4.79 Å². The summed E-state index contributed by atoms with van der Waals surface area (Å²) in [6, 6.07) is 7.96. The molecular weight excluding hydrogens is 290 g/mol. The predicted molar refractivity (Wildman–Crippen MR) is 84.9 cm³/mol. The van der Waals surface area contributed by atoms with Crippen molar-refractivity contribution in [1.29, 1.82) is 0 Å². The number of rotatable bonds is 4. The molecule has 0 saturated carbocycles. The van der Waals surface area contributed by atoms with Crippen LogP contribution in [0.5, 0.6) is 0 Å². The molecule has 0 radical (unpaired) electrons. The van der Waals surface area contributed by atoms with Gasteiger partial charge in [0.15, 0.2) is 0 Å². The zero-order chi connectivity index (χ0) is 14.5. The Morgan fingerprint density at radius 1 is 1.35 bits per heavy atom. The minimum absolute atomic E-state index is 0.218. The topological polar surface area (TPSA) is 54.4 Å². The SMILES string of the molecule is CSc1ccc(/C=N/NC(=O)c2sc(C)nc2C)cc1. The number of carbonyl (C=O) groups is 1. The first-order valence-corrected chi connectivity index (χ1v) is 8.06. The number of benzene rings is 1. The highest BCUT2D eigenvalue weighted by Crippen LogP contribution is 2.16. The highest BCUT2D eigenvalue weighted by atomic mass is 32.2. The van der Waals surface area contributed by atoms with Crippen LogP contribution in [0, 0.1) is 13.8 Å². The lowest BCUT2D eigenvalue weighted by molar-refractivity contribution is 0.0958. The normalized spacial score (nSPS) is 10.9. The molecule has 0 fully saturated rings. The Bertz CT molecular complexity index is 632. The zero-order valence-electron chi connectivity index (χ0n) is 11.5. The molecule has 1 amide bonds. The van der Waals surface area contributed by atoms with Gasteiger partial charge >= 0.3 is 0 Å². The van der Waals surface area contributed by atoms with Crippen molar-refractivity contribution < 1.29 is 4.79 Å². The monoisotopic (exact) mass is 305 g/mol. The first-order valence-electron chi connectivity index (χ1n) is 6.01. The van der Waals surface area contributed by atoms with Crippen LogP contribution in [0.1, 0.15) is 25.9 Å². The van der Waals surface area contributed by atoms with Gasteiger partial charge in [0.05, 0.1) is 16.9 Å². The summed E-state index contributed by atoms with van der Waals surface area (Å²) in [7, 11) is 0. The summed E-state index contributed by atoms with van der Waals surface area (Å²) in [6.45, 7) is 3.70. The Balaban J connectivity index is 1.98. The van der Waals surface area contributed by atoms with Crippen LogP contribution in [0.2, 0.25) is 0 Å². The van der Waals surface area contributed by atoms with Gasteiger partial charge in [-0.1, -0.05) is 12.1 Å². The van der Waals surface area contributed by atoms with Crippen LogP contribution in [0.4, 0.5) is 0 Å². The Hall–Kier alpha value is -1.66. The standard InChI is InChI=1S/C14H15N3OS2/c1-9-13(20-10(2)16-9)14(18)17-15-8-11-4-6-12(19-3)7-5-11/h4-8H,1-3H3,(H,17,18)/b15-8+. The van der Waals surface area contributed by atoms with E-state index in [9.17, 15) is 4.79 Å². The van der Waals surface area contributed by atoms with E-state index in [1.807, 2.05) is 44.4 Å². The van der Waals surface area contributed by atoms with Crippen LogP contribution in [-0.4, -0.2) is 23.4 Å². The number of thiazole rings is 1. The third kappa shape index (κ3) is 3.68. The number of thioether (sulfide) groups is 1. The summed E-state index contributed by atoms with van der Waals surface area (Å²) in [5, 5.41) is 4.85. The molecule has 104 valence electrons. The van der Waals surface area contributed by atoms with Crippen molar-refractivity contribution in [1.82, 2.24) is 10.4 Å². The minimum Gasteiger partial charge on any atom is -0.266 e. The molecule has 6 heteroatoms. The average molecular weight is 305 g/mol. The summed E-state index contributed by atoms with van der Waals surface area (Å²) in [4.78, 5) is 17.9. The van der Waals surface area contributed by atoms with Crippen molar-refractivity contribution in [2.45, 2.75) is 18.7 Å². The summed E-state index contributed by atoms with van der Waals surface area (Å²) in [5.74, 6) is -0.218. The van der Waals surface area contributed by atoms with E-state index in [1.165, 1.54) is 16.2 Å². The molecule has 0 bridgehead atoms. The molecule has 1 aromatic heterocycles. The van der Waals surface area contributed by atoms with Crippen molar-refractivity contribution in [2.75, 3.05) is 6.26 Å². The van der Waals surface area contributed by atoms with E-state index in [4.69, 9.17) is 0 Å². The zero-order valence-corrected chi connectivity index (χ0v) is 13.1. The molecule has 0 aliphatic rings. The van der Waals surface area contributed by atoms with E-state index in [0.29, 0.717) is 4.88 Å². The van der Waals surface area contributed by atoms with Crippen LogP contribution < -0.4 is 5.43 Å². The fraction of sp³-hybridized carbons (Fsp3) is 0.214. The van der Waals surface area contributed by atoms with Gasteiger partial charge in [-0.2, -0.15) is 5.10 Å². The van der Waals surface area contributed by atoms with Crippen LogP contribution in [0.25, 0.3) is 0 Å². The number of nitrogens with one attached hydrogen (secondary N) is 1. The molecule has 4 nitrogen and oxygen atoms in total. The molecule has 20 heavy (non-hydrogen) atoms. The maximum absolute atomic E-state index is 11.9. The van der Waals surface area contributed by atoms with E-state index >= 15 is 0 Å². The summed E-state index contributed by atoms with van der Waals surface area (Å²) >= 11 is 3.06. The smallest absolute Gasteiger partial charge is 0.266 e. The van der Waals surface area contributed by atoms with Gasteiger partial charge in [0, 0.05) is 4.90 Å². The fourth-order valence-corrected chi connectivity index (χ4v) is 2.87. The van der Waals surface area contributed by atoms with Gasteiger partial charge in [-0.15, -0.1) is 23.1 Å². The Kier molecular flexibility index (Phi) is 4.92. The molecule has 1 aromatic carbocycles. The van der Waals surface area contributed by atoms with Gasteiger partial charge in [0.25, 0.3) is 5.91 Å². The van der Waals surface area contributed by atoms with E-state index < -0.39 is 0 Å². The Labute approximate surface area is 126 Å². The predicted octanol–water partition coefficient (Wildman–Crippen LogP) is 3.25. The highest BCUT2D eigenvalue weighted by molar-refractivity contribution is 7.98. The van der Waals surface area contributed by atoms with Crippen LogP contribution >= 0.6 is 23.1 Å². The molecule has 0 atom stereocenters. The molecule has 1 N–H and O–H groups in total. The second-order valence-electron chi connectivity index (χ2n) is 4.12. The van der Waals surface area contributed by atoms with E-state index in [0.717, 1.165) is 16.3 Å². The summed E-state index contributed by atoms with van der Waals surface area (Å²) in [6.07, 6.45) is 3.66. The van der Waals surface area contributed by atoms with Crippen molar-refractivity contribution in [3.63, 3.8) is 0 Å². The molecule has 0 spiro atoms. The number of hydrazone groups is 1. The summed E-state index contributed by atoms with van der Waals surface area (Å²) in [5.41, 5.74) is 4.21. The fourth-order valence-electron chi connectivity index (χ4n) is 1.65. The molecule has 2 aromatic rings. The summed E-state index contributed by atoms with van der Waals surface area (Å²) < 4.78 is 0. The highest BCUT2D eigenvalue weighted by Gasteiger charge is 2.12. The minimum atomic E-state index is -0.218. The first-order chi connectivity index (χ1) is 9.60. The maximum Gasteiger partial charge on any atom is 0.283 e. The molecule has 0 aliphatic heterocycles. The van der Waals surface area contributed by atoms with Crippen LogP contribution in [-0.2, 0) is 0 Å². The van der Waals surface area contributed by atoms with E-state index in [1.54, 1.807) is 18.0 Å². The molecule has 2 rings (SSSR count). The molecular formula is C14H15N3OS2. The number of hydrogen-bond acceptors (Lipinski definition) is 5. The average Bonchev–Trinajstić information content (AvgIpc) is 2.78. The van der Waals surface area contributed by atoms with E-state index in [-0.39, 0.29) is 5.91 Å². The lowest BCUT2D eigenvalue weighted by Gasteiger charge is -1.98. The van der Waals surface area contributed by atoms with Crippen LogP contribution in [0.15, 0.2) is 34.3 Å². The Morgan fingerprint density at radius 3 is 2.60 bits per heavy atom. The van der Waals surface area contributed by atoms with Crippen molar-refractivity contribution >= 4 is 35.2 Å². The van der Waals surface area contributed by atoms with Gasteiger partial charge in [0.1, 0.15) is 4.88 Å². The molecule has 0 aliphatic carbocycles. The number of hydrogen-bond donors (Lipinski definition) is 1. The number of aryl methyl sites for hydroxylation is 2. The van der Waals surface area contributed by atoms with Crippen molar-refractivity contribution in [3.8, 4) is 0 Å². The maximum atomic E-state index is 11.9. The molecule has 0 saturated heterocycles. The van der Waals surface area contributed by atoms with Gasteiger partial charge in [-0.25, -0.2) is 10.4 Å². The first kappa shape index (κ1) is 14.7. The van der Waals surface area contributed by atoms with Crippen LogP contribution in [0.3, 0.4) is 0 Å². The molecule has 1 heterocycles.